The first-order valence-electron chi connectivity index (χ1n) is 10.4. The second kappa shape index (κ2) is 9.92. The lowest BCUT2D eigenvalue weighted by atomic mass is 10.1. The van der Waals surface area contributed by atoms with Crippen LogP contribution in [0.5, 0.6) is 11.5 Å². The first kappa shape index (κ1) is 25.4. The summed E-state index contributed by atoms with van der Waals surface area (Å²) in [6.45, 7) is 7.44. The maximum atomic E-state index is 12.7. The Bertz CT molecular complexity index is 1160. The van der Waals surface area contributed by atoms with E-state index in [2.05, 4.69) is 10.3 Å². The lowest BCUT2D eigenvalue weighted by Gasteiger charge is -2.23. The van der Waals surface area contributed by atoms with Gasteiger partial charge >= 0.3 is 12.1 Å². The number of nitrogens with one attached hydrogen (secondary N) is 1. The maximum absolute atomic E-state index is 12.7. The van der Waals surface area contributed by atoms with Crippen LogP contribution in [0.25, 0.3) is 11.3 Å². The number of benzene rings is 2. The number of aryl methyl sites for hydroxylation is 2. The van der Waals surface area contributed by atoms with Crippen molar-refractivity contribution in [2.45, 2.75) is 39.5 Å². The Morgan fingerprint density at radius 3 is 2.32 bits per heavy atom. The van der Waals surface area contributed by atoms with E-state index in [0.29, 0.717) is 41.0 Å². The van der Waals surface area contributed by atoms with Gasteiger partial charge in [-0.05, 0) is 63.1 Å². The van der Waals surface area contributed by atoms with Crippen molar-refractivity contribution in [3.8, 4) is 22.8 Å². The Labute approximate surface area is 199 Å². The summed E-state index contributed by atoms with van der Waals surface area (Å²) in [7, 11) is 0. The summed E-state index contributed by atoms with van der Waals surface area (Å²) in [5.74, 6) is 0.0814. The predicted octanol–water partition coefficient (Wildman–Crippen LogP) is 6.18. The number of aromatic nitrogens is 1. The molecule has 0 amide bonds. The summed E-state index contributed by atoms with van der Waals surface area (Å²) >= 11 is 1.35. The molecule has 3 aromatic rings. The number of nitrogens with zero attached hydrogens (tertiary/aromatic N) is 1. The molecule has 0 radical (unpaired) electrons. The summed E-state index contributed by atoms with van der Waals surface area (Å²) in [6.07, 6.45) is -4.37. The van der Waals surface area contributed by atoms with Crippen LogP contribution >= 0.6 is 11.3 Å². The molecule has 34 heavy (non-hydrogen) atoms. The van der Waals surface area contributed by atoms with Crippen LogP contribution in [0.4, 0.5) is 18.3 Å². The number of rotatable bonds is 9. The lowest BCUT2D eigenvalue weighted by Crippen LogP contribution is -2.38. The maximum Gasteiger partial charge on any atom is 0.416 e. The van der Waals surface area contributed by atoms with Gasteiger partial charge in [-0.3, -0.25) is 0 Å². The summed E-state index contributed by atoms with van der Waals surface area (Å²) in [4.78, 5) is 15.7. The number of aliphatic carboxylic acids is 1. The van der Waals surface area contributed by atoms with Gasteiger partial charge in [0.2, 0.25) is 0 Å². The minimum atomic E-state index is -4.37. The number of halogens is 3. The van der Waals surface area contributed by atoms with Crippen LogP contribution in [0.3, 0.4) is 0 Å². The highest BCUT2D eigenvalue weighted by atomic mass is 32.1. The van der Waals surface area contributed by atoms with Crippen LogP contribution in [0.15, 0.2) is 41.8 Å². The Hall–Kier alpha value is -3.27. The van der Waals surface area contributed by atoms with Crippen molar-refractivity contribution in [1.82, 2.24) is 4.98 Å². The predicted molar refractivity (Wildman–Crippen MR) is 125 cm³/mol. The molecule has 2 N–H and O–H groups in total. The zero-order valence-electron chi connectivity index (χ0n) is 19.1. The van der Waals surface area contributed by atoms with E-state index in [9.17, 15) is 23.1 Å². The van der Waals surface area contributed by atoms with Crippen molar-refractivity contribution in [3.63, 3.8) is 0 Å². The van der Waals surface area contributed by atoms with Crippen molar-refractivity contribution in [2.75, 3.05) is 18.5 Å². The Morgan fingerprint density at radius 2 is 1.71 bits per heavy atom. The van der Waals surface area contributed by atoms with Gasteiger partial charge in [-0.1, -0.05) is 12.1 Å². The van der Waals surface area contributed by atoms with Crippen molar-refractivity contribution in [3.05, 3.63) is 58.5 Å². The van der Waals surface area contributed by atoms with Crippen LogP contribution in [-0.4, -0.2) is 34.8 Å². The van der Waals surface area contributed by atoms with Crippen molar-refractivity contribution in [2.24, 2.45) is 0 Å². The van der Waals surface area contributed by atoms with Gasteiger partial charge in [0.05, 0.1) is 17.8 Å². The number of anilines is 1. The molecular formula is C24H25F3N2O4S. The van der Waals surface area contributed by atoms with Gasteiger partial charge in [-0.15, -0.1) is 11.3 Å². The van der Waals surface area contributed by atoms with Gasteiger partial charge in [0.1, 0.15) is 18.1 Å². The van der Waals surface area contributed by atoms with Crippen LogP contribution in [0.1, 0.15) is 30.5 Å². The van der Waals surface area contributed by atoms with E-state index in [0.717, 1.165) is 23.3 Å². The standard InChI is InChI=1S/C24H25F3N2O4S/c1-14-12-20(33-23(3,4)21(30)31)15(2)11-19(14)32-10-9-28-22-29-18(13-34-22)16-5-7-17(8-6-16)24(25,26)27/h5-8,11-13H,9-10H2,1-4H3,(H,28,29)(H,30,31). The zero-order chi connectivity index (χ0) is 25.1. The number of ether oxygens (including phenoxy) is 2. The number of carbonyl (C=O) groups is 1. The Morgan fingerprint density at radius 1 is 1.09 bits per heavy atom. The molecule has 10 heteroatoms. The summed E-state index contributed by atoms with van der Waals surface area (Å²) < 4.78 is 49.6. The van der Waals surface area contributed by atoms with Gasteiger partial charge in [0.25, 0.3) is 0 Å². The number of carboxylic acid groups (broad SMARTS) is 1. The zero-order valence-corrected chi connectivity index (χ0v) is 19.9. The van der Waals surface area contributed by atoms with Crippen molar-refractivity contribution < 1.29 is 32.5 Å². The highest BCUT2D eigenvalue weighted by Crippen LogP contribution is 2.32. The highest BCUT2D eigenvalue weighted by molar-refractivity contribution is 7.14. The van der Waals surface area contributed by atoms with Gasteiger partial charge in [-0.25, -0.2) is 9.78 Å². The molecule has 0 fully saturated rings. The monoisotopic (exact) mass is 494 g/mol. The third-order valence-electron chi connectivity index (χ3n) is 5.00. The first-order valence-corrected chi connectivity index (χ1v) is 11.3. The second-order valence-corrected chi connectivity index (χ2v) is 9.05. The summed E-state index contributed by atoms with van der Waals surface area (Å²) in [6, 6.07) is 8.44. The van der Waals surface area contributed by atoms with E-state index in [1.165, 1.54) is 37.3 Å². The second-order valence-electron chi connectivity index (χ2n) is 8.19. The molecular weight excluding hydrogens is 469 g/mol. The fourth-order valence-electron chi connectivity index (χ4n) is 2.98. The fourth-order valence-corrected chi connectivity index (χ4v) is 3.73. The fraction of sp³-hybridized carbons (Fsp3) is 0.333. The van der Waals surface area contributed by atoms with E-state index in [4.69, 9.17) is 9.47 Å². The van der Waals surface area contributed by atoms with E-state index in [-0.39, 0.29) is 0 Å². The van der Waals surface area contributed by atoms with Crippen LogP contribution < -0.4 is 14.8 Å². The van der Waals surface area contributed by atoms with Gasteiger partial charge < -0.3 is 19.9 Å². The van der Waals surface area contributed by atoms with Gasteiger partial charge in [0, 0.05) is 10.9 Å². The summed E-state index contributed by atoms with van der Waals surface area (Å²) in [5.41, 5.74) is 0.708. The minimum Gasteiger partial charge on any atom is -0.491 e. The first-order chi connectivity index (χ1) is 15.9. The van der Waals surface area contributed by atoms with E-state index in [1.54, 1.807) is 17.5 Å². The topological polar surface area (TPSA) is 80.7 Å². The van der Waals surface area contributed by atoms with Gasteiger partial charge in [0.15, 0.2) is 10.7 Å². The average molecular weight is 495 g/mol. The number of hydrogen-bond acceptors (Lipinski definition) is 6. The molecule has 182 valence electrons. The molecule has 1 aromatic heterocycles. The largest absolute Gasteiger partial charge is 0.491 e. The molecule has 2 aromatic carbocycles. The SMILES string of the molecule is Cc1cc(OC(C)(C)C(=O)O)c(C)cc1OCCNc1nc(-c2ccc(C(F)(F)F)cc2)cs1. The molecule has 3 rings (SSSR count). The van der Waals surface area contributed by atoms with E-state index >= 15 is 0 Å². The third-order valence-corrected chi connectivity index (χ3v) is 5.80. The smallest absolute Gasteiger partial charge is 0.416 e. The molecule has 6 nitrogen and oxygen atoms in total. The number of alkyl halides is 3. The lowest BCUT2D eigenvalue weighted by molar-refractivity contribution is -0.152. The molecule has 0 aliphatic heterocycles. The molecule has 0 aliphatic carbocycles. The Kier molecular flexibility index (Phi) is 7.40. The van der Waals surface area contributed by atoms with E-state index in [1.807, 2.05) is 13.8 Å². The molecule has 0 aliphatic rings. The molecule has 0 bridgehead atoms. The van der Waals surface area contributed by atoms with E-state index < -0.39 is 23.3 Å². The molecule has 0 saturated carbocycles. The molecule has 0 atom stereocenters. The number of thiazole rings is 1. The average Bonchev–Trinajstić information content (AvgIpc) is 3.22. The molecule has 0 spiro atoms. The molecule has 0 saturated heterocycles. The highest BCUT2D eigenvalue weighted by Gasteiger charge is 2.31. The summed E-state index contributed by atoms with van der Waals surface area (Å²) in [5, 5.41) is 14.8. The van der Waals surface area contributed by atoms with Crippen molar-refractivity contribution >= 4 is 22.4 Å². The van der Waals surface area contributed by atoms with Crippen LogP contribution in [0.2, 0.25) is 0 Å². The quantitative estimate of drug-likeness (QED) is 0.346. The van der Waals surface area contributed by atoms with Crippen LogP contribution in [0, 0.1) is 13.8 Å². The number of hydrogen-bond donors (Lipinski definition) is 2. The normalized spacial score (nSPS) is 11.9. The third kappa shape index (κ3) is 6.19. The van der Waals surface area contributed by atoms with Crippen molar-refractivity contribution in [1.29, 1.82) is 0 Å². The minimum absolute atomic E-state index is 0.344. The Balaban J connectivity index is 1.55. The number of carboxylic acids is 1. The molecule has 0 unspecified atom stereocenters. The van der Waals surface area contributed by atoms with Gasteiger partial charge in [-0.2, -0.15) is 13.2 Å². The molecule has 1 heterocycles. The van der Waals surface area contributed by atoms with Crippen LogP contribution in [-0.2, 0) is 11.0 Å².